The summed E-state index contributed by atoms with van der Waals surface area (Å²) >= 11 is 0. The van der Waals surface area contributed by atoms with Gasteiger partial charge in [0.2, 0.25) is 0 Å². The zero-order chi connectivity index (χ0) is 35.3. The fourth-order valence-electron chi connectivity index (χ4n) is 9.08. The summed E-state index contributed by atoms with van der Waals surface area (Å²) in [5.41, 5.74) is 0.455. The number of piperazine rings is 1. The van der Waals surface area contributed by atoms with E-state index in [9.17, 15) is 8.78 Å². The van der Waals surface area contributed by atoms with Gasteiger partial charge in [-0.25, -0.2) is 22.5 Å². The number of hydrogen-bond donors (Lipinski definition) is 1. The summed E-state index contributed by atoms with van der Waals surface area (Å²) in [5, 5.41) is 5.38. The predicted molar refractivity (Wildman–Crippen MR) is 189 cm³/mol. The first-order valence-electron chi connectivity index (χ1n) is 18.4. The van der Waals surface area contributed by atoms with Crippen LogP contribution < -0.4 is 15.0 Å². The molecule has 3 atom stereocenters. The predicted octanol–water partition coefficient (Wildman–Crippen LogP) is 7.13. The lowest BCUT2D eigenvalue weighted by Crippen LogP contribution is -2.58. The van der Waals surface area contributed by atoms with Crippen molar-refractivity contribution in [2.45, 2.75) is 76.8 Å². The van der Waals surface area contributed by atoms with E-state index in [0.29, 0.717) is 78.7 Å². The summed E-state index contributed by atoms with van der Waals surface area (Å²) in [6.07, 6.45) is 10.3. The largest absolute Gasteiger partial charge is 0.463 e. The molecule has 4 aromatic rings. The molecule has 5 aliphatic rings. The lowest BCUT2D eigenvalue weighted by molar-refractivity contribution is 0.0252. The third kappa shape index (κ3) is 5.35. The van der Waals surface area contributed by atoms with Crippen LogP contribution in [-0.2, 0) is 6.42 Å². The second-order valence-electron chi connectivity index (χ2n) is 15.9. The van der Waals surface area contributed by atoms with Crippen LogP contribution in [0, 0.1) is 40.7 Å². The number of benzene rings is 2. The molecule has 4 fully saturated rings. The van der Waals surface area contributed by atoms with Gasteiger partial charge in [-0.05, 0) is 69.0 Å². The van der Waals surface area contributed by atoms with Crippen LogP contribution in [0.15, 0.2) is 30.3 Å². The van der Waals surface area contributed by atoms with Crippen molar-refractivity contribution in [1.29, 1.82) is 0 Å². The Morgan fingerprint density at radius 1 is 1.04 bits per heavy atom. The van der Waals surface area contributed by atoms with Crippen molar-refractivity contribution < 1.29 is 22.3 Å². The minimum Gasteiger partial charge on any atom is -0.463 e. The minimum absolute atomic E-state index is 0.0212. The van der Waals surface area contributed by atoms with Gasteiger partial charge in [0.25, 0.3) is 5.92 Å². The maximum absolute atomic E-state index is 17.2. The Labute approximate surface area is 295 Å². The van der Waals surface area contributed by atoms with Crippen molar-refractivity contribution in [2.75, 3.05) is 44.2 Å². The molecular formula is C40H42F4N6O. The zero-order valence-corrected chi connectivity index (χ0v) is 29.0. The number of ether oxygens (including phenoxy) is 1. The number of halogens is 4. The molecule has 51 heavy (non-hydrogen) atoms. The van der Waals surface area contributed by atoms with Crippen molar-refractivity contribution in [3.8, 4) is 29.6 Å². The van der Waals surface area contributed by atoms with Crippen LogP contribution in [-0.4, -0.2) is 77.2 Å². The molecule has 2 saturated carbocycles. The molecule has 0 amide bonds. The van der Waals surface area contributed by atoms with Crippen LogP contribution in [0.2, 0.25) is 0 Å². The summed E-state index contributed by atoms with van der Waals surface area (Å²) < 4.78 is 66.7. The molecule has 1 N–H and O–H groups in total. The molecule has 9 rings (SSSR count). The normalized spacial score (nSPS) is 25.7. The van der Waals surface area contributed by atoms with Gasteiger partial charge < -0.3 is 19.9 Å². The van der Waals surface area contributed by atoms with Gasteiger partial charge >= 0.3 is 6.01 Å². The molecule has 1 spiro atoms. The highest BCUT2D eigenvalue weighted by atomic mass is 19.3. The number of hydrogen-bond acceptors (Lipinski definition) is 7. The van der Waals surface area contributed by atoms with E-state index in [2.05, 4.69) is 34.9 Å². The fraction of sp³-hybridized carbons (Fsp3) is 0.525. The summed E-state index contributed by atoms with van der Waals surface area (Å²) in [4.78, 5) is 19.4. The Morgan fingerprint density at radius 2 is 1.82 bits per heavy atom. The molecule has 0 unspecified atom stereocenters. The highest BCUT2D eigenvalue weighted by Crippen LogP contribution is 2.66. The quantitative estimate of drug-likeness (QED) is 0.163. The van der Waals surface area contributed by atoms with E-state index < -0.39 is 23.0 Å². The van der Waals surface area contributed by atoms with Gasteiger partial charge in [-0.1, -0.05) is 44.0 Å². The number of aromatic nitrogens is 3. The van der Waals surface area contributed by atoms with E-state index in [-0.39, 0.29) is 52.6 Å². The van der Waals surface area contributed by atoms with Crippen molar-refractivity contribution in [3.05, 3.63) is 53.2 Å². The monoisotopic (exact) mass is 698 g/mol. The number of alkyl halides is 2. The van der Waals surface area contributed by atoms with Gasteiger partial charge in [-0.2, -0.15) is 9.97 Å². The lowest BCUT2D eigenvalue weighted by Gasteiger charge is -2.42. The number of pyridine rings is 1. The molecule has 2 aromatic heterocycles. The lowest BCUT2D eigenvalue weighted by atomic mass is 9.92. The fourth-order valence-corrected chi connectivity index (χ4v) is 9.08. The highest BCUT2D eigenvalue weighted by molar-refractivity contribution is 6.02. The van der Waals surface area contributed by atoms with E-state index in [1.807, 2.05) is 6.07 Å². The average molecular weight is 699 g/mol. The number of fused-ring (bicyclic) bond motifs is 3. The van der Waals surface area contributed by atoms with Crippen LogP contribution in [0.3, 0.4) is 0 Å². The van der Waals surface area contributed by atoms with Gasteiger partial charge in [0.1, 0.15) is 22.8 Å². The SMILES string of the molecule is C#Cc1c(F)ccc2cccc(-c3nc4c5c(nc(OCC6(CN7CCC8(CC7)CC8(F)F)CC6)nc5c3F)N3C[C@@H](CC)NC[C@@H]3[C@@H](C)C4)c12. The van der Waals surface area contributed by atoms with Crippen molar-refractivity contribution >= 4 is 27.5 Å². The number of anilines is 1. The van der Waals surface area contributed by atoms with Crippen LogP contribution >= 0.6 is 0 Å². The van der Waals surface area contributed by atoms with Gasteiger partial charge in [0.05, 0.1) is 23.3 Å². The number of piperidine rings is 1. The van der Waals surface area contributed by atoms with E-state index in [1.165, 1.54) is 6.07 Å². The van der Waals surface area contributed by atoms with Gasteiger partial charge in [-0.3, -0.25) is 0 Å². The molecule has 266 valence electrons. The average Bonchev–Trinajstić information content (AvgIpc) is 4.03. The standard InChI is InChI=1S/C40H42F4N6O/c1-4-25-19-50-30(18-45-25)23(3)17-29-32-35(33(42)34(46-29)27-8-6-7-24-9-10-28(41)26(5-2)31(24)27)47-37(48-36(32)50)51-22-38(11-12-38)21-49-15-13-39(14-16-49)20-40(39,43)44/h2,6-10,23,25,30,45H,4,11-22H2,1,3H3/t23-,25+,30+/m0/s1. The minimum atomic E-state index is -2.51. The van der Waals surface area contributed by atoms with Crippen LogP contribution in [0.1, 0.15) is 63.6 Å². The summed E-state index contributed by atoms with van der Waals surface area (Å²) in [6.45, 7) is 8.25. The third-order valence-corrected chi connectivity index (χ3v) is 12.6. The van der Waals surface area contributed by atoms with Crippen LogP contribution in [0.5, 0.6) is 6.01 Å². The second kappa shape index (κ2) is 11.8. The molecule has 7 nitrogen and oxygen atoms in total. The Kier molecular flexibility index (Phi) is 7.58. The smallest absolute Gasteiger partial charge is 0.319 e. The van der Waals surface area contributed by atoms with E-state index in [1.54, 1.807) is 18.2 Å². The second-order valence-corrected chi connectivity index (χ2v) is 15.9. The van der Waals surface area contributed by atoms with Crippen molar-refractivity contribution in [3.63, 3.8) is 0 Å². The van der Waals surface area contributed by atoms with Crippen molar-refractivity contribution in [1.82, 2.24) is 25.2 Å². The Morgan fingerprint density at radius 3 is 2.53 bits per heavy atom. The van der Waals surface area contributed by atoms with E-state index >= 15 is 8.78 Å². The maximum Gasteiger partial charge on any atom is 0.319 e. The molecule has 11 heteroatoms. The number of rotatable bonds is 7. The molecule has 2 saturated heterocycles. The number of terminal acetylenes is 1. The molecule has 0 radical (unpaired) electrons. The number of nitrogens with one attached hydrogen (secondary N) is 1. The molecule has 2 aliphatic carbocycles. The topological polar surface area (TPSA) is 66.4 Å². The first-order valence-corrected chi connectivity index (χ1v) is 18.4. The molecule has 3 aliphatic heterocycles. The highest BCUT2D eigenvalue weighted by Gasteiger charge is 2.70. The first-order chi connectivity index (χ1) is 24.5. The molecule has 5 heterocycles. The summed E-state index contributed by atoms with van der Waals surface area (Å²) in [6, 6.07) is 8.77. The Bertz CT molecular complexity index is 2100. The van der Waals surface area contributed by atoms with Gasteiger partial charge in [0, 0.05) is 59.9 Å². The zero-order valence-electron chi connectivity index (χ0n) is 29.0. The maximum atomic E-state index is 17.2. The summed E-state index contributed by atoms with van der Waals surface area (Å²) in [5.74, 6) is -0.431. The third-order valence-electron chi connectivity index (χ3n) is 12.6. The molecular weight excluding hydrogens is 656 g/mol. The Balaban J connectivity index is 1.11. The molecule has 0 bridgehead atoms. The van der Waals surface area contributed by atoms with Gasteiger partial charge in [0.15, 0.2) is 5.82 Å². The Hall–Kier alpha value is -4.01. The van der Waals surface area contributed by atoms with Gasteiger partial charge in [-0.15, -0.1) is 6.42 Å². The van der Waals surface area contributed by atoms with Crippen molar-refractivity contribution in [2.24, 2.45) is 16.7 Å². The van der Waals surface area contributed by atoms with Crippen LogP contribution in [0.4, 0.5) is 23.4 Å². The number of nitrogens with zero attached hydrogens (tertiary/aromatic N) is 5. The number of likely N-dealkylation sites (tertiary alicyclic amines) is 1. The first kappa shape index (κ1) is 32.9. The summed E-state index contributed by atoms with van der Waals surface area (Å²) in [7, 11) is 0. The van der Waals surface area contributed by atoms with E-state index in [4.69, 9.17) is 26.1 Å². The van der Waals surface area contributed by atoms with Crippen LogP contribution in [0.25, 0.3) is 32.9 Å². The van der Waals surface area contributed by atoms with E-state index in [0.717, 1.165) is 32.4 Å². The molecule has 2 aromatic carbocycles.